The third-order valence-corrected chi connectivity index (χ3v) is 7.68. The van der Waals surface area contributed by atoms with Crippen molar-refractivity contribution in [3.8, 4) is 22.6 Å². The maximum Gasteiger partial charge on any atom is 0.470 e. The normalized spacial score (nSPS) is 15.4. The van der Waals surface area contributed by atoms with Crippen LogP contribution in [0.25, 0.3) is 22.6 Å². The summed E-state index contributed by atoms with van der Waals surface area (Å²) in [7, 11) is -3.19. The van der Waals surface area contributed by atoms with Gasteiger partial charge < -0.3 is 13.7 Å². The molecule has 1 fully saturated rings. The van der Waals surface area contributed by atoms with Gasteiger partial charge in [0.1, 0.15) is 0 Å². The monoisotopic (exact) mass is 546 g/mol. The molecule has 0 N–H and O–H groups in total. The standard InChI is InChI=1S/C25H21F3N4O5S/c26-25(27,28)23-30-29-22(37-23)18-6-4-17(5-7-18)15-32(24(33)31-9-12-38(34,35)13-10-31)21-3-1-2-19(14-21)20-8-11-36-16-20/h1-8,11,14,16H,9-10,12-13,15H2. The molecule has 0 aliphatic carbocycles. The smallest absolute Gasteiger partial charge is 0.470 e. The molecule has 198 valence electrons. The number of hydrogen-bond acceptors (Lipinski definition) is 7. The minimum Gasteiger partial charge on any atom is -0.472 e. The van der Waals surface area contributed by atoms with Gasteiger partial charge in [0.15, 0.2) is 9.84 Å². The highest BCUT2D eigenvalue weighted by Gasteiger charge is 2.38. The Bertz CT molecular complexity index is 1520. The summed E-state index contributed by atoms with van der Waals surface area (Å²) in [4.78, 5) is 16.6. The molecule has 0 bridgehead atoms. The van der Waals surface area contributed by atoms with Crippen molar-refractivity contribution in [3.63, 3.8) is 0 Å². The topological polar surface area (TPSA) is 110 Å². The number of aromatic nitrogens is 2. The van der Waals surface area contributed by atoms with Gasteiger partial charge in [0.25, 0.3) is 0 Å². The van der Waals surface area contributed by atoms with Gasteiger partial charge in [-0.3, -0.25) is 4.90 Å². The van der Waals surface area contributed by atoms with Gasteiger partial charge in [-0.15, -0.1) is 10.2 Å². The average Bonchev–Trinajstić information content (AvgIpc) is 3.60. The number of urea groups is 1. The van der Waals surface area contributed by atoms with Gasteiger partial charge in [0.05, 0.1) is 30.6 Å². The summed E-state index contributed by atoms with van der Waals surface area (Å²) < 4.78 is 72.1. The number of furan rings is 1. The molecule has 1 aliphatic heterocycles. The summed E-state index contributed by atoms with van der Waals surface area (Å²) in [5.74, 6) is -1.94. The molecule has 38 heavy (non-hydrogen) atoms. The van der Waals surface area contributed by atoms with Crippen LogP contribution in [0.2, 0.25) is 0 Å². The Labute approximate surface area is 215 Å². The molecule has 0 atom stereocenters. The van der Waals surface area contributed by atoms with Crippen molar-refractivity contribution < 1.29 is 35.2 Å². The van der Waals surface area contributed by atoms with Crippen LogP contribution in [0.3, 0.4) is 0 Å². The first-order valence-electron chi connectivity index (χ1n) is 11.5. The number of carbonyl (C=O) groups excluding carboxylic acids is 1. The molecule has 2 aromatic heterocycles. The summed E-state index contributed by atoms with van der Waals surface area (Å²) in [5.41, 5.74) is 3.19. The first-order valence-corrected chi connectivity index (χ1v) is 13.3. The number of alkyl halides is 3. The molecule has 0 unspecified atom stereocenters. The first kappa shape index (κ1) is 25.5. The van der Waals surface area contributed by atoms with Gasteiger partial charge in [-0.1, -0.05) is 24.3 Å². The van der Waals surface area contributed by atoms with E-state index in [0.717, 1.165) is 11.1 Å². The molecule has 13 heteroatoms. The number of carbonyl (C=O) groups is 1. The molecule has 5 rings (SSSR count). The van der Waals surface area contributed by atoms with Crippen molar-refractivity contribution >= 4 is 21.6 Å². The molecule has 1 saturated heterocycles. The molecule has 4 aromatic rings. The van der Waals surface area contributed by atoms with Crippen LogP contribution in [0.5, 0.6) is 0 Å². The van der Waals surface area contributed by atoms with Crippen LogP contribution < -0.4 is 4.90 Å². The van der Waals surface area contributed by atoms with Crippen molar-refractivity contribution in [3.05, 3.63) is 78.6 Å². The summed E-state index contributed by atoms with van der Waals surface area (Å²) in [6.45, 7) is 0.280. The minimum atomic E-state index is -4.75. The number of benzene rings is 2. The van der Waals surface area contributed by atoms with Gasteiger partial charge in [0, 0.05) is 29.9 Å². The van der Waals surface area contributed by atoms with Crippen molar-refractivity contribution in [1.29, 1.82) is 0 Å². The summed E-state index contributed by atoms with van der Waals surface area (Å²) in [6, 6.07) is 15.1. The maximum absolute atomic E-state index is 13.6. The zero-order valence-corrected chi connectivity index (χ0v) is 20.6. The van der Waals surface area contributed by atoms with Gasteiger partial charge in [-0.2, -0.15) is 13.2 Å². The number of nitrogens with zero attached hydrogens (tertiary/aromatic N) is 4. The highest BCUT2D eigenvalue weighted by molar-refractivity contribution is 7.91. The molecule has 9 nitrogen and oxygen atoms in total. The van der Waals surface area contributed by atoms with Crippen LogP contribution in [0.1, 0.15) is 11.5 Å². The lowest BCUT2D eigenvalue weighted by Gasteiger charge is -2.33. The molecule has 2 aromatic carbocycles. The molecule has 3 heterocycles. The van der Waals surface area contributed by atoms with Gasteiger partial charge in [-0.25, -0.2) is 13.2 Å². The Morgan fingerprint density at radius 2 is 1.71 bits per heavy atom. The molecule has 0 radical (unpaired) electrons. The Morgan fingerprint density at radius 1 is 0.974 bits per heavy atom. The van der Waals surface area contributed by atoms with Crippen LogP contribution >= 0.6 is 0 Å². The number of sulfone groups is 1. The second kappa shape index (κ2) is 9.97. The molecule has 2 amide bonds. The molecular formula is C25H21F3N4O5S. The van der Waals surface area contributed by atoms with Crippen LogP contribution in [0.4, 0.5) is 23.7 Å². The lowest BCUT2D eigenvalue weighted by molar-refractivity contribution is -0.156. The fourth-order valence-electron chi connectivity index (χ4n) is 4.02. The van der Waals surface area contributed by atoms with Crippen LogP contribution in [-0.2, 0) is 22.6 Å². The fraction of sp³-hybridized carbons (Fsp3) is 0.240. The zero-order valence-electron chi connectivity index (χ0n) is 19.8. The minimum absolute atomic E-state index is 0.0801. The van der Waals surface area contributed by atoms with Crippen LogP contribution in [-0.4, -0.2) is 54.1 Å². The number of anilines is 1. The predicted molar refractivity (Wildman–Crippen MR) is 131 cm³/mol. The Balaban J connectivity index is 1.42. The highest BCUT2D eigenvalue weighted by atomic mass is 32.2. The van der Waals surface area contributed by atoms with E-state index in [4.69, 9.17) is 8.83 Å². The van der Waals surface area contributed by atoms with E-state index in [9.17, 15) is 26.4 Å². The van der Waals surface area contributed by atoms with E-state index in [-0.39, 0.29) is 48.6 Å². The highest BCUT2D eigenvalue weighted by Crippen LogP contribution is 2.31. The van der Waals surface area contributed by atoms with Crippen LogP contribution in [0.15, 0.2) is 76.0 Å². The third kappa shape index (κ3) is 5.57. The largest absolute Gasteiger partial charge is 0.472 e. The van der Waals surface area contributed by atoms with E-state index in [1.165, 1.54) is 21.9 Å². The number of hydrogen-bond donors (Lipinski definition) is 0. The Hall–Kier alpha value is -4.13. The van der Waals surface area contributed by atoms with Crippen molar-refractivity contribution in [2.75, 3.05) is 29.5 Å². The summed E-state index contributed by atoms with van der Waals surface area (Å²) >= 11 is 0. The van der Waals surface area contributed by atoms with Crippen molar-refractivity contribution in [2.45, 2.75) is 12.7 Å². The SMILES string of the molecule is O=C(N1CCS(=O)(=O)CC1)N(Cc1ccc(-c2nnc(C(F)(F)F)o2)cc1)c1cccc(-c2ccoc2)c1. The zero-order chi connectivity index (χ0) is 26.9. The Kier molecular flexibility index (Phi) is 6.69. The maximum atomic E-state index is 13.6. The van der Waals surface area contributed by atoms with Crippen molar-refractivity contribution in [1.82, 2.24) is 15.1 Å². The fourth-order valence-corrected chi connectivity index (χ4v) is 5.22. The van der Waals surface area contributed by atoms with Gasteiger partial charge in [0.2, 0.25) is 5.89 Å². The number of halogens is 3. The van der Waals surface area contributed by atoms with Crippen LogP contribution in [0, 0.1) is 0 Å². The molecule has 0 saturated carbocycles. The second-order valence-electron chi connectivity index (χ2n) is 8.68. The molecule has 0 spiro atoms. The molecular weight excluding hydrogens is 525 g/mol. The lowest BCUT2D eigenvalue weighted by atomic mass is 10.1. The van der Waals surface area contributed by atoms with E-state index >= 15 is 0 Å². The van der Waals surface area contributed by atoms with Gasteiger partial charge in [-0.05, 0) is 41.5 Å². The van der Waals surface area contributed by atoms with E-state index in [1.54, 1.807) is 42.9 Å². The second-order valence-corrected chi connectivity index (χ2v) is 11.0. The predicted octanol–water partition coefficient (Wildman–Crippen LogP) is 4.87. The number of rotatable bonds is 5. The summed E-state index contributed by atoms with van der Waals surface area (Å²) in [5, 5.41) is 6.50. The number of amides is 2. The third-order valence-electron chi connectivity index (χ3n) is 6.07. The Morgan fingerprint density at radius 3 is 2.34 bits per heavy atom. The van der Waals surface area contributed by atoms with Gasteiger partial charge >= 0.3 is 18.1 Å². The van der Waals surface area contributed by atoms with E-state index < -0.39 is 21.9 Å². The molecule has 1 aliphatic rings. The van der Waals surface area contributed by atoms with E-state index in [2.05, 4.69) is 10.2 Å². The average molecular weight is 547 g/mol. The van der Waals surface area contributed by atoms with Crippen molar-refractivity contribution in [2.24, 2.45) is 0 Å². The quantitative estimate of drug-likeness (QED) is 0.351. The first-order chi connectivity index (χ1) is 18.1. The summed E-state index contributed by atoms with van der Waals surface area (Å²) in [6.07, 6.45) is -1.62. The van der Waals surface area contributed by atoms with E-state index in [0.29, 0.717) is 11.3 Å². The lowest BCUT2D eigenvalue weighted by Crippen LogP contribution is -2.49. The van der Waals surface area contributed by atoms with E-state index in [1.807, 2.05) is 12.1 Å².